The molecule has 250 valence electrons. The van der Waals surface area contributed by atoms with Crippen molar-refractivity contribution < 1.29 is 9.59 Å². The van der Waals surface area contributed by atoms with Gasteiger partial charge in [0.15, 0.2) is 0 Å². The maximum atomic E-state index is 13.6. The Morgan fingerprint density at radius 2 is 0.977 bits per heavy atom. The van der Waals surface area contributed by atoms with Gasteiger partial charge in [0.1, 0.15) is 0 Å². The lowest BCUT2D eigenvalue weighted by Gasteiger charge is -2.44. The first kappa shape index (κ1) is 36.3. The van der Waals surface area contributed by atoms with Crippen LogP contribution in [0.1, 0.15) is 149 Å². The molecule has 0 aromatic heterocycles. The molecule has 3 fully saturated rings. The highest BCUT2D eigenvalue weighted by Gasteiger charge is 2.37. The Labute approximate surface area is 266 Å². The summed E-state index contributed by atoms with van der Waals surface area (Å²) >= 11 is 0. The number of likely N-dealkylation sites (tertiary alicyclic amines) is 2. The van der Waals surface area contributed by atoms with Crippen LogP contribution in [0, 0.1) is 11.8 Å². The van der Waals surface area contributed by atoms with Crippen LogP contribution in [0.5, 0.6) is 0 Å². The molecule has 0 spiro atoms. The summed E-state index contributed by atoms with van der Waals surface area (Å²) in [6.07, 6.45) is 26.0. The van der Waals surface area contributed by atoms with Crippen molar-refractivity contribution in [3.05, 3.63) is 0 Å². The second-order valence-electron chi connectivity index (χ2n) is 14.4. The third kappa shape index (κ3) is 13.4. The normalized spacial score (nSPS) is 24.0. The Balaban J connectivity index is 1.32. The molecule has 0 aromatic rings. The Kier molecular flexibility index (Phi) is 18.2. The van der Waals surface area contributed by atoms with E-state index in [4.69, 9.17) is 0 Å². The molecule has 43 heavy (non-hydrogen) atoms. The molecule has 6 nitrogen and oxygen atoms in total. The quantitative estimate of drug-likeness (QED) is 0.134. The first-order valence-corrected chi connectivity index (χ1v) is 19.1. The summed E-state index contributed by atoms with van der Waals surface area (Å²) in [5.74, 6) is 0.958. The predicted molar refractivity (Wildman–Crippen MR) is 181 cm³/mol. The molecule has 3 aliphatic rings. The molecular formula is C37H70N4O2. The summed E-state index contributed by atoms with van der Waals surface area (Å²) in [7, 11) is 0. The Hall–Kier alpha value is -1.14. The molecule has 3 rings (SSSR count). The molecule has 2 amide bonds. The first-order chi connectivity index (χ1) is 21.0. The van der Waals surface area contributed by atoms with Crippen LogP contribution in [0.4, 0.5) is 0 Å². The Morgan fingerprint density at radius 3 is 1.44 bits per heavy atom. The van der Waals surface area contributed by atoms with Gasteiger partial charge in [-0.25, -0.2) is 0 Å². The molecule has 3 aliphatic heterocycles. The van der Waals surface area contributed by atoms with Crippen molar-refractivity contribution in [1.29, 1.82) is 0 Å². The number of piperazine rings is 1. The van der Waals surface area contributed by atoms with Crippen LogP contribution in [0.2, 0.25) is 0 Å². The number of rotatable bonds is 20. The smallest absolute Gasteiger partial charge is 0.227 e. The van der Waals surface area contributed by atoms with Gasteiger partial charge >= 0.3 is 0 Å². The fourth-order valence-corrected chi connectivity index (χ4v) is 7.84. The van der Waals surface area contributed by atoms with E-state index in [1.807, 2.05) is 0 Å². The number of amides is 2. The van der Waals surface area contributed by atoms with Crippen LogP contribution in [0.15, 0.2) is 0 Å². The van der Waals surface area contributed by atoms with Crippen LogP contribution < -0.4 is 0 Å². The number of piperidine rings is 2. The lowest BCUT2D eigenvalue weighted by molar-refractivity contribution is -0.149. The standard InChI is InChI=1S/C37H70N4O2/c1-4-6-8-10-12-14-16-18-24-38-26-20-22-34(31-38)36(42)40-28-29-41(33(3)30-40)37(43)35-23-21-27-39(32-35)25-19-17-15-13-11-9-7-5-2/h33-35H,4-32H2,1-3H3. The highest BCUT2D eigenvalue weighted by Crippen LogP contribution is 2.25. The average Bonchev–Trinajstić information content (AvgIpc) is 3.03. The summed E-state index contributed by atoms with van der Waals surface area (Å²) in [5, 5.41) is 0. The van der Waals surface area contributed by atoms with Gasteiger partial charge in [-0.05, 0) is 71.6 Å². The summed E-state index contributed by atoms with van der Waals surface area (Å²) in [4.78, 5) is 36.5. The van der Waals surface area contributed by atoms with Gasteiger partial charge in [-0.3, -0.25) is 9.59 Å². The van der Waals surface area contributed by atoms with E-state index < -0.39 is 0 Å². The Bertz CT molecular complexity index is 761. The molecule has 0 N–H and O–H groups in total. The van der Waals surface area contributed by atoms with E-state index in [-0.39, 0.29) is 17.9 Å². The van der Waals surface area contributed by atoms with E-state index >= 15 is 0 Å². The van der Waals surface area contributed by atoms with E-state index in [9.17, 15) is 9.59 Å². The van der Waals surface area contributed by atoms with Crippen LogP contribution in [0.25, 0.3) is 0 Å². The zero-order chi connectivity index (χ0) is 30.7. The van der Waals surface area contributed by atoms with Crippen LogP contribution in [-0.2, 0) is 9.59 Å². The van der Waals surface area contributed by atoms with Crippen molar-refractivity contribution >= 4 is 11.8 Å². The molecule has 0 aliphatic carbocycles. The number of hydrogen-bond donors (Lipinski definition) is 0. The van der Waals surface area contributed by atoms with Crippen molar-refractivity contribution in [2.45, 2.75) is 155 Å². The van der Waals surface area contributed by atoms with Crippen LogP contribution in [0.3, 0.4) is 0 Å². The minimum Gasteiger partial charge on any atom is -0.339 e. The van der Waals surface area contributed by atoms with Gasteiger partial charge in [0.05, 0.1) is 11.8 Å². The van der Waals surface area contributed by atoms with Crippen molar-refractivity contribution in [3.8, 4) is 0 Å². The molecule has 3 heterocycles. The number of carbonyl (C=O) groups is 2. The zero-order valence-electron chi connectivity index (χ0n) is 28.8. The largest absolute Gasteiger partial charge is 0.339 e. The van der Waals surface area contributed by atoms with Crippen LogP contribution in [-0.4, -0.2) is 96.4 Å². The molecule has 3 saturated heterocycles. The van der Waals surface area contributed by atoms with E-state index in [1.54, 1.807) is 0 Å². The molecule has 0 radical (unpaired) electrons. The van der Waals surface area contributed by atoms with E-state index in [0.29, 0.717) is 31.4 Å². The first-order valence-electron chi connectivity index (χ1n) is 19.1. The van der Waals surface area contributed by atoms with E-state index in [0.717, 1.165) is 65.0 Å². The molecular weight excluding hydrogens is 532 g/mol. The average molecular weight is 603 g/mol. The zero-order valence-corrected chi connectivity index (χ0v) is 28.8. The predicted octanol–water partition coefficient (Wildman–Crippen LogP) is 7.75. The Morgan fingerprint density at radius 1 is 0.535 bits per heavy atom. The van der Waals surface area contributed by atoms with Crippen molar-refractivity contribution in [2.75, 3.05) is 58.9 Å². The molecule has 6 heteroatoms. The van der Waals surface area contributed by atoms with Crippen LogP contribution >= 0.6 is 0 Å². The minimum absolute atomic E-state index is 0.116. The molecule has 3 atom stereocenters. The van der Waals surface area contributed by atoms with Gasteiger partial charge in [-0.1, -0.05) is 104 Å². The van der Waals surface area contributed by atoms with Gasteiger partial charge in [-0.2, -0.15) is 0 Å². The van der Waals surface area contributed by atoms with Gasteiger partial charge in [-0.15, -0.1) is 0 Å². The van der Waals surface area contributed by atoms with Crippen molar-refractivity contribution in [2.24, 2.45) is 11.8 Å². The van der Waals surface area contributed by atoms with Gasteiger partial charge in [0.2, 0.25) is 11.8 Å². The lowest BCUT2D eigenvalue weighted by atomic mass is 9.94. The van der Waals surface area contributed by atoms with Gasteiger partial charge in [0, 0.05) is 38.8 Å². The van der Waals surface area contributed by atoms with Gasteiger partial charge < -0.3 is 19.6 Å². The second kappa shape index (κ2) is 21.6. The fourth-order valence-electron chi connectivity index (χ4n) is 7.84. The molecule has 3 unspecified atom stereocenters. The third-order valence-corrected chi connectivity index (χ3v) is 10.6. The maximum Gasteiger partial charge on any atom is 0.227 e. The highest BCUT2D eigenvalue weighted by molar-refractivity contribution is 5.81. The topological polar surface area (TPSA) is 47.1 Å². The van der Waals surface area contributed by atoms with E-state index in [2.05, 4.69) is 40.4 Å². The summed E-state index contributed by atoms with van der Waals surface area (Å²) in [6, 6.07) is 0.116. The van der Waals surface area contributed by atoms with Crippen molar-refractivity contribution in [1.82, 2.24) is 19.6 Å². The van der Waals surface area contributed by atoms with Crippen molar-refractivity contribution in [3.63, 3.8) is 0 Å². The SMILES string of the molecule is CCCCCCCCCCN1CCCC(C(=O)N2CCN(C(=O)C3CCCN(CCCCCCCCCC)C3)C(C)C2)C1. The lowest BCUT2D eigenvalue weighted by Crippen LogP contribution is -2.59. The number of unbranched alkanes of at least 4 members (excludes halogenated alkanes) is 14. The highest BCUT2D eigenvalue weighted by atomic mass is 16.2. The fraction of sp³-hybridized carbons (Fsp3) is 0.946. The second-order valence-corrected chi connectivity index (χ2v) is 14.4. The van der Waals surface area contributed by atoms with Gasteiger partial charge in [0.25, 0.3) is 0 Å². The molecule has 0 saturated carbocycles. The summed E-state index contributed by atoms with van der Waals surface area (Å²) < 4.78 is 0. The number of carbonyl (C=O) groups excluding carboxylic acids is 2. The number of nitrogens with zero attached hydrogens (tertiary/aromatic N) is 4. The molecule has 0 bridgehead atoms. The summed E-state index contributed by atoms with van der Waals surface area (Å²) in [6.45, 7) is 15.3. The maximum absolute atomic E-state index is 13.6. The third-order valence-electron chi connectivity index (χ3n) is 10.6. The molecule has 0 aromatic carbocycles. The minimum atomic E-state index is 0.116. The summed E-state index contributed by atoms with van der Waals surface area (Å²) in [5.41, 5.74) is 0. The monoisotopic (exact) mass is 603 g/mol. The van der Waals surface area contributed by atoms with E-state index in [1.165, 1.54) is 103 Å². The number of hydrogen-bond acceptors (Lipinski definition) is 4.